The van der Waals surface area contributed by atoms with Crippen molar-refractivity contribution >= 4 is 40.8 Å². The van der Waals surface area contributed by atoms with E-state index in [4.69, 9.17) is 35.4 Å². The van der Waals surface area contributed by atoms with Crippen LogP contribution in [0.25, 0.3) is 0 Å². The summed E-state index contributed by atoms with van der Waals surface area (Å²) in [4.78, 5) is 0. The van der Waals surface area contributed by atoms with Crippen LogP contribution in [0.15, 0.2) is 18.2 Å². The van der Waals surface area contributed by atoms with Crippen molar-refractivity contribution in [2.45, 2.75) is 12.8 Å². The maximum atomic E-state index is 5.82. The molecule has 0 spiro atoms. The highest BCUT2D eigenvalue weighted by Crippen LogP contribution is 2.23. The minimum absolute atomic E-state index is 0.219. The summed E-state index contributed by atoms with van der Waals surface area (Å²) < 4.78 is 0. The van der Waals surface area contributed by atoms with Crippen molar-refractivity contribution in [3.05, 3.63) is 33.8 Å². The third-order valence-electron chi connectivity index (χ3n) is 1.61. The van der Waals surface area contributed by atoms with Gasteiger partial charge in [0.25, 0.3) is 0 Å². The summed E-state index contributed by atoms with van der Waals surface area (Å²) in [6.07, 6.45) is 0. The molecule has 0 radical (unpaired) electrons. The largest absolute Gasteiger partial charge is 0.0928 e. The standard InChI is InChI=1S/C9H8Cl2S/c1-6(5-12)7-2-8(10)4-9(11)3-7/h2-6H,1H3. The zero-order chi connectivity index (χ0) is 9.14. The number of thiocarbonyl (C=S) groups is 1. The van der Waals surface area contributed by atoms with E-state index >= 15 is 0 Å². The molecule has 0 amide bonds. The Labute approximate surface area is 87.5 Å². The van der Waals surface area contributed by atoms with Gasteiger partial charge in [0.2, 0.25) is 0 Å². The van der Waals surface area contributed by atoms with Crippen LogP contribution in [0.4, 0.5) is 0 Å². The SMILES string of the molecule is CC(C=S)c1cc(Cl)cc(Cl)c1. The van der Waals surface area contributed by atoms with Crippen LogP contribution in [0, 0.1) is 0 Å². The molecule has 1 aromatic rings. The Bertz CT molecular complexity index is 276. The Morgan fingerprint density at radius 2 is 1.75 bits per heavy atom. The van der Waals surface area contributed by atoms with Gasteiger partial charge in [-0.25, -0.2) is 0 Å². The van der Waals surface area contributed by atoms with Crippen molar-refractivity contribution in [3.8, 4) is 0 Å². The molecule has 0 aromatic heterocycles. The molecule has 0 saturated carbocycles. The summed E-state index contributed by atoms with van der Waals surface area (Å²) in [5.74, 6) is 0.219. The maximum Gasteiger partial charge on any atom is 0.0423 e. The average molecular weight is 219 g/mol. The first-order valence-electron chi connectivity index (χ1n) is 3.55. The Kier molecular flexibility index (Phi) is 3.51. The minimum atomic E-state index is 0.219. The second-order valence-corrected chi connectivity index (χ2v) is 3.77. The zero-order valence-electron chi connectivity index (χ0n) is 6.55. The summed E-state index contributed by atoms with van der Waals surface area (Å²) in [7, 11) is 0. The average Bonchev–Trinajstić information content (AvgIpc) is 2.01. The third-order valence-corrected chi connectivity index (χ3v) is 2.46. The summed E-state index contributed by atoms with van der Waals surface area (Å²) in [6, 6.07) is 5.46. The second-order valence-electron chi connectivity index (χ2n) is 2.63. The maximum absolute atomic E-state index is 5.82. The van der Waals surface area contributed by atoms with Crippen molar-refractivity contribution in [1.82, 2.24) is 0 Å². The Morgan fingerprint density at radius 1 is 1.25 bits per heavy atom. The highest BCUT2D eigenvalue weighted by molar-refractivity contribution is 7.79. The van der Waals surface area contributed by atoms with Crippen LogP contribution in [0.5, 0.6) is 0 Å². The van der Waals surface area contributed by atoms with E-state index in [1.807, 2.05) is 19.1 Å². The van der Waals surface area contributed by atoms with E-state index in [2.05, 4.69) is 0 Å². The molecule has 0 nitrogen and oxygen atoms in total. The van der Waals surface area contributed by atoms with Crippen LogP contribution in [-0.4, -0.2) is 5.37 Å². The summed E-state index contributed by atoms with van der Waals surface area (Å²) in [5.41, 5.74) is 1.06. The molecule has 1 aromatic carbocycles. The fourth-order valence-corrected chi connectivity index (χ4v) is 1.62. The number of hydrogen-bond acceptors (Lipinski definition) is 1. The number of rotatable bonds is 2. The van der Waals surface area contributed by atoms with Crippen molar-refractivity contribution in [2.75, 3.05) is 0 Å². The molecular weight excluding hydrogens is 211 g/mol. The van der Waals surface area contributed by atoms with Crippen molar-refractivity contribution in [2.24, 2.45) is 0 Å². The molecule has 0 fully saturated rings. The summed E-state index contributed by atoms with van der Waals surface area (Å²) in [6.45, 7) is 2.01. The molecule has 0 aliphatic carbocycles. The van der Waals surface area contributed by atoms with Gasteiger partial charge in [0.15, 0.2) is 0 Å². The van der Waals surface area contributed by atoms with Gasteiger partial charge in [-0.15, -0.1) is 0 Å². The molecule has 0 aliphatic heterocycles. The fourth-order valence-electron chi connectivity index (χ4n) is 0.917. The molecule has 0 N–H and O–H groups in total. The lowest BCUT2D eigenvalue weighted by molar-refractivity contribution is 1.06. The van der Waals surface area contributed by atoms with Crippen LogP contribution in [0.1, 0.15) is 18.4 Å². The monoisotopic (exact) mass is 218 g/mol. The highest BCUT2D eigenvalue weighted by Gasteiger charge is 2.03. The van der Waals surface area contributed by atoms with Crippen LogP contribution in [0.3, 0.4) is 0 Å². The van der Waals surface area contributed by atoms with Crippen LogP contribution >= 0.6 is 35.4 Å². The molecule has 0 aliphatic rings. The van der Waals surface area contributed by atoms with Crippen molar-refractivity contribution < 1.29 is 0 Å². The van der Waals surface area contributed by atoms with Crippen LogP contribution < -0.4 is 0 Å². The summed E-state index contributed by atoms with van der Waals surface area (Å²) in [5, 5.41) is 3.00. The lowest BCUT2D eigenvalue weighted by Gasteiger charge is -2.05. The van der Waals surface area contributed by atoms with E-state index < -0.39 is 0 Å². The first-order chi connectivity index (χ1) is 5.63. The number of halogens is 2. The fraction of sp³-hybridized carbons (Fsp3) is 0.222. The Morgan fingerprint density at radius 3 is 2.17 bits per heavy atom. The lowest BCUT2D eigenvalue weighted by Crippen LogP contribution is -1.92. The third kappa shape index (κ3) is 2.44. The second kappa shape index (κ2) is 4.22. The number of hydrogen-bond donors (Lipinski definition) is 0. The van der Waals surface area contributed by atoms with Gasteiger partial charge in [0.05, 0.1) is 0 Å². The minimum Gasteiger partial charge on any atom is -0.0928 e. The first-order valence-corrected chi connectivity index (χ1v) is 4.77. The van der Waals surface area contributed by atoms with E-state index in [0.29, 0.717) is 10.0 Å². The lowest BCUT2D eigenvalue weighted by atomic mass is 10.0. The van der Waals surface area contributed by atoms with Crippen LogP contribution in [-0.2, 0) is 0 Å². The van der Waals surface area contributed by atoms with Crippen LogP contribution in [0.2, 0.25) is 10.0 Å². The molecule has 1 rings (SSSR count). The highest BCUT2D eigenvalue weighted by atomic mass is 35.5. The van der Waals surface area contributed by atoms with Gasteiger partial charge in [-0.3, -0.25) is 0 Å². The molecule has 3 heteroatoms. The quantitative estimate of drug-likeness (QED) is 0.675. The van der Waals surface area contributed by atoms with Gasteiger partial charge in [-0.2, -0.15) is 0 Å². The molecule has 1 atom stereocenters. The first kappa shape index (κ1) is 9.97. The van der Waals surface area contributed by atoms with E-state index in [1.165, 1.54) is 0 Å². The zero-order valence-corrected chi connectivity index (χ0v) is 8.88. The van der Waals surface area contributed by atoms with E-state index in [0.717, 1.165) is 5.56 Å². The molecule has 0 bridgehead atoms. The molecule has 0 saturated heterocycles. The van der Waals surface area contributed by atoms with E-state index in [1.54, 1.807) is 11.4 Å². The predicted octanol–water partition coefficient (Wildman–Crippen LogP) is 4.10. The molecule has 0 heterocycles. The van der Waals surface area contributed by atoms with Crippen molar-refractivity contribution in [1.29, 1.82) is 0 Å². The Hall–Kier alpha value is -0.110. The molecule has 64 valence electrons. The van der Waals surface area contributed by atoms with Crippen molar-refractivity contribution in [3.63, 3.8) is 0 Å². The summed E-state index contributed by atoms with van der Waals surface area (Å²) >= 11 is 16.5. The smallest absolute Gasteiger partial charge is 0.0423 e. The van der Waals surface area contributed by atoms with E-state index in [9.17, 15) is 0 Å². The predicted molar refractivity (Wildman–Crippen MR) is 58.5 cm³/mol. The molecular formula is C9H8Cl2S. The number of benzene rings is 1. The van der Waals surface area contributed by atoms with Gasteiger partial charge >= 0.3 is 0 Å². The van der Waals surface area contributed by atoms with E-state index in [-0.39, 0.29) is 5.92 Å². The van der Waals surface area contributed by atoms with Gasteiger partial charge in [-0.1, -0.05) is 42.3 Å². The van der Waals surface area contributed by atoms with Gasteiger partial charge in [0, 0.05) is 16.0 Å². The van der Waals surface area contributed by atoms with Gasteiger partial charge in [-0.05, 0) is 29.1 Å². The van der Waals surface area contributed by atoms with Gasteiger partial charge in [0.1, 0.15) is 0 Å². The normalized spacial score (nSPS) is 12.6. The topological polar surface area (TPSA) is 0 Å². The Balaban J connectivity index is 3.08. The molecule has 12 heavy (non-hydrogen) atoms. The molecule has 1 unspecified atom stereocenters. The van der Waals surface area contributed by atoms with Gasteiger partial charge < -0.3 is 0 Å².